The molecule has 0 heterocycles. The van der Waals surface area contributed by atoms with Crippen LogP contribution < -0.4 is 0 Å². The average molecular weight is 154 g/mol. The maximum atomic E-state index is 10.9. The van der Waals surface area contributed by atoms with Crippen molar-refractivity contribution in [2.75, 3.05) is 0 Å². The highest BCUT2D eigenvalue weighted by atomic mass is 16.1. The predicted octanol–water partition coefficient (Wildman–Crippen LogP) is 1.89. The first-order valence-corrected chi connectivity index (χ1v) is 3.88. The van der Waals surface area contributed by atoms with Gasteiger partial charge in [-0.25, -0.2) is 0 Å². The van der Waals surface area contributed by atoms with Crippen LogP contribution in [0.15, 0.2) is 12.2 Å². The van der Waals surface area contributed by atoms with Crippen molar-refractivity contribution in [1.29, 1.82) is 0 Å². The van der Waals surface area contributed by atoms with Crippen LogP contribution in [-0.2, 0) is 9.59 Å². The standard InChI is InChI=1S/C9H14O2/c1-3-4-5-9(11)7-6-8(2)10/h6-7H,3-5H2,1-2H3/b7-6-. The van der Waals surface area contributed by atoms with Crippen molar-refractivity contribution in [3.05, 3.63) is 12.2 Å². The van der Waals surface area contributed by atoms with Gasteiger partial charge < -0.3 is 0 Å². The van der Waals surface area contributed by atoms with Crippen LogP contribution in [0.25, 0.3) is 0 Å². The number of hydrogen-bond acceptors (Lipinski definition) is 2. The Kier molecular flexibility index (Phi) is 5.35. The van der Waals surface area contributed by atoms with Crippen molar-refractivity contribution in [1.82, 2.24) is 0 Å². The lowest BCUT2D eigenvalue weighted by atomic mass is 10.2. The molecule has 0 aliphatic carbocycles. The molecule has 0 N–H and O–H groups in total. The second-order valence-electron chi connectivity index (χ2n) is 2.51. The molecule has 2 heteroatoms. The van der Waals surface area contributed by atoms with Gasteiger partial charge in [0.1, 0.15) is 0 Å². The number of carbonyl (C=O) groups is 2. The molecule has 0 atom stereocenters. The molecule has 0 saturated carbocycles. The Balaban J connectivity index is 3.60. The van der Waals surface area contributed by atoms with Crippen molar-refractivity contribution in [2.45, 2.75) is 33.1 Å². The highest BCUT2D eigenvalue weighted by molar-refractivity contribution is 5.97. The van der Waals surface area contributed by atoms with E-state index in [2.05, 4.69) is 0 Å². The summed E-state index contributed by atoms with van der Waals surface area (Å²) in [5.41, 5.74) is 0. The largest absolute Gasteiger partial charge is 0.295 e. The van der Waals surface area contributed by atoms with Crippen LogP contribution in [0.2, 0.25) is 0 Å². The van der Waals surface area contributed by atoms with Crippen LogP contribution in [0.4, 0.5) is 0 Å². The van der Waals surface area contributed by atoms with Gasteiger partial charge in [-0.2, -0.15) is 0 Å². The van der Waals surface area contributed by atoms with Crippen molar-refractivity contribution < 1.29 is 9.59 Å². The summed E-state index contributed by atoms with van der Waals surface area (Å²) in [7, 11) is 0. The molecule has 0 fully saturated rings. The maximum absolute atomic E-state index is 10.9. The van der Waals surface area contributed by atoms with Crippen LogP contribution >= 0.6 is 0 Å². The van der Waals surface area contributed by atoms with E-state index in [9.17, 15) is 9.59 Å². The molecule has 0 aliphatic rings. The number of hydrogen-bond donors (Lipinski definition) is 0. The highest BCUT2D eigenvalue weighted by Gasteiger charge is 1.94. The van der Waals surface area contributed by atoms with E-state index in [0.717, 1.165) is 12.8 Å². The number of unbranched alkanes of at least 4 members (excludes halogenated alkanes) is 1. The molecule has 0 aromatic rings. The molecule has 0 amide bonds. The number of carbonyl (C=O) groups excluding carboxylic acids is 2. The third-order valence-corrected chi connectivity index (χ3v) is 1.28. The first kappa shape index (κ1) is 10.1. The Morgan fingerprint density at radius 3 is 2.36 bits per heavy atom. The van der Waals surface area contributed by atoms with Gasteiger partial charge in [-0.1, -0.05) is 13.3 Å². The minimum Gasteiger partial charge on any atom is -0.295 e. The molecule has 62 valence electrons. The van der Waals surface area contributed by atoms with Gasteiger partial charge in [-0.15, -0.1) is 0 Å². The summed E-state index contributed by atoms with van der Waals surface area (Å²) < 4.78 is 0. The quantitative estimate of drug-likeness (QED) is 0.567. The Bertz CT molecular complexity index is 168. The fourth-order valence-electron chi connectivity index (χ4n) is 0.645. The van der Waals surface area contributed by atoms with Crippen LogP contribution in [0.1, 0.15) is 33.1 Å². The number of allylic oxidation sites excluding steroid dienone is 2. The molecule has 0 aromatic heterocycles. The van der Waals surface area contributed by atoms with E-state index in [4.69, 9.17) is 0 Å². The van der Waals surface area contributed by atoms with Crippen LogP contribution in [0, 0.1) is 0 Å². The van der Waals surface area contributed by atoms with E-state index in [1.54, 1.807) is 0 Å². The monoisotopic (exact) mass is 154 g/mol. The fourth-order valence-corrected chi connectivity index (χ4v) is 0.645. The van der Waals surface area contributed by atoms with Crippen molar-refractivity contribution in [3.8, 4) is 0 Å². The molecule has 0 unspecified atom stereocenters. The summed E-state index contributed by atoms with van der Waals surface area (Å²) in [4.78, 5) is 21.3. The lowest BCUT2D eigenvalue weighted by molar-refractivity contribution is -0.116. The van der Waals surface area contributed by atoms with Crippen LogP contribution in [0.3, 0.4) is 0 Å². The highest BCUT2D eigenvalue weighted by Crippen LogP contribution is 1.95. The average Bonchev–Trinajstić information content (AvgIpc) is 1.97. The molecule has 2 nitrogen and oxygen atoms in total. The molecule has 0 aromatic carbocycles. The fraction of sp³-hybridized carbons (Fsp3) is 0.556. The first-order valence-electron chi connectivity index (χ1n) is 3.88. The lowest BCUT2D eigenvalue weighted by Crippen LogP contribution is -1.93. The van der Waals surface area contributed by atoms with Gasteiger partial charge in [0.25, 0.3) is 0 Å². The van der Waals surface area contributed by atoms with Crippen LogP contribution in [-0.4, -0.2) is 11.6 Å². The van der Waals surface area contributed by atoms with Crippen LogP contribution in [0.5, 0.6) is 0 Å². The molecule has 0 spiro atoms. The first-order chi connectivity index (χ1) is 5.16. The van der Waals surface area contributed by atoms with Gasteiger partial charge in [0, 0.05) is 6.42 Å². The molecule has 0 radical (unpaired) electrons. The smallest absolute Gasteiger partial charge is 0.155 e. The lowest BCUT2D eigenvalue weighted by Gasteiger charge is -1.89. The third kappa shape index (κ3) is 6.97. The van der Waals surface area contributed by atoms with Gasteiger partial charge in [0.15, 0.2) is 11.6 Å². The Morgan fingerprint density at radius 2 is 1.91 bits per heavy atom. The van der Waals surface area contributed by atoms with Gasteiger partial charge in [-0.3, -0.25) is 9.59 Å². The number of ketones is 2. The Hall–Kier alpha value is -0.920. The summed E-state index contributed by atoms with van der Waals surface area (Å²) in [6.07, 6.45) is 5.15. The molecule has 0 aliphatic heterocycles. The molecular weight excluding hydrogens is 140 g/mol. The third-order valence-electron chi connectivity index (χ3n) is 1.28. The normalized spacial score (nSPS) is 10.4. The maximum Gasteiger partial charge on any atom is 0.155 e. The Morgan fingerprint density at radius 1 is 1.27 bits per heavy atom. The summed E-state index contributed by atoms with van der Waals surface area (Å²) in [5.74, 6) is -0.0306. The second-order valence-corrected chi connectivity index (χ2v) is 2.51. The van der Waals surface area contributed by atoms with Gasteiger partial charge >= 0.3 is 0 Å². The predicted molar refractivity (Wildman–Crippen MR) is 44.4 cm³/mol. The van der Waals surface area contributed by atoms with E-state index in [1.165, 1.54) is 19.1 Å². The zero-order valence-electron chi connectivity index (χ0n) is 7.09. The molecule has 0 saturated heterocycles. The summed E-state index contributed by atoms with van der Waals surface area (Å²) in [5, 5.41) is 0. The topological polar surface area (TPSA) is 34.1 Å². The zero-order chi connectivity index (χ0) is 8.69. The van der Waals surface area contributed by atoms with E-state index < -0.39 is 0 Å². The molecule has 11 heavy (non-hydrogen) atoms. The van der Waals surface area contributed by atoms with Gasteiger partial charge in [0.05, 0.1) is 0 Å². The Labute approximate surface area is 67.3 Å². The van der Waals surface area contributed by atoms with E-state index in [-0.39, 0.29) is 11.6 Å². The van der Waals surface area contributed by atoms with Gasteiger partial charge in [0.2, 0.25) is 0 Å². The summed E-state index contributed by atoms with van der Waals surface area (Å²) in [6, 6.07) is 0. The van der Waals surface area contributed by atoms with Gasteiger partial charge in [-0.05, 0) is 25.5 Å². The van der Waals surface area contributed by atoms with E-state index >= 15 is 0 Å². The van der Waals surface area contributed by atoms with E-state index in [0.29, 0.717) is 6.42 Å². The van der Waals surface area contributed by atoms with E-state index in [1.807, 2.05) is 6.92 Å². The molecule has 0 rings (SSSR count). The SMILES string of the molecule is CCCCC(=O)/C=C\C(C)=O. The second kappa shape index (κ2) is 5.83. The zero-order valence-corrected chi connectivity index (χ0v) is 7.09. The number of rotatable bonds is 5. The van der Waals surface area contributed by atoms with Crippen molar-refractivity contribution in [3.63, 3.8) is 0 Å². The molecular formula is C9H14O2. The molecule has 0 bridgehead atoms. The summed E-state index contributed by atoms with van der Waals surface area (Å²) in [6.45, 7) is 3.46. The minimum absolute atomic E-state index is 0.0436. The minimum atomic E-state index is -0.0742. The summed E-state index contributed by atoms with van der Waals surface area (Å²) >= 11 is 0. The van der Waals surface area contributed by atoms with Crippen molar-refractivity contribution >= 4 is 11.6 Å². The van der Waals surface area contributed by atoms with Crippen molar-refractivity contribution in [2.24, 2.45) is 0 Å².